The summed E-state index contributed by atoms with van der Waals surface area (Å²) in [4.78, 5) is 15.4. The number of nitrogens with two attached hydrogens (primary N) is 1. The van der Waals surface area contributed by atoms with Crippen LogP contribution in [0.5, 0.6) is 0 Å². The molecule has 0 atom stereocenters. The highest BCUT2D eigenvalue weighted by Gasteiger charge is 2.14. The second-order valence-corrected chi connectivity index (χ2v) is 3.76. The Bertz CT molecular complexity index is 452. The normalized spacial score (nSPS) is 15.7. The number of nitrogens with zero attached hydrogens (tertiary/aromatic N) is 1. The van der Waals surface area contributed by atoms with Crippen molar-refractivity contribution in [2.45, 2.75) is 13.3 Å². The fraction of sp³-hybridized carbons (Fsp3) is 0.333. The molecule has 0 saturated carbocycles. The fourth-order valence-corrected chi connectivity index (χ4v) is 1.78. The molecular formula is C12H14N2O2. The Labute approximate surface area is 94.1 Å². The van der Waals surface area contributed by atoms with Crippen molar-refractivity contribution in [3.05, 3.63) is 29.6 Å². The summed E-state index contributed by atoms with van der Waals surface area (Å²) in [6.45, 7) is 2.78. The number of aromatic nitrogens is 1. The molecule has 0 radical (unpaired) electrons. The summed E-state index contributed by atoms with van der Waals surface area (Å²) < 4.78 is 5.23. The third-order valence-corrected chi connectivity index (χ3v) is 2.68. The van der Waals surface area contributed by atoms with Crippen LogP contribution in [-0.2, 0) is 4.74 Å². The number of carbonyl (C=O) groups excluding carboxylic acids is 1. The molecule has 0 fully saturated rings. The van der Waals surface area contributed by atoms with E-state index in [4.69, 9.17) is 10.5 Å². The van der Waals surface area contributed by atoms with E-state index in [1.807, 2.05) is 6.08 Å². The molecule has 0 aromatic carbocycles. The van der Waals surface area contributed by atoms with Crippen molar-refractivity contribution >= 4 is 17.0 Å². The van der Waals surface area contributed by atoms with Gasteiger partial charge in [-0.1, -0.05) is 6.08 Å². The minimum Gasteiger partial charge on any atom is -0.398 e. The molecule has 0 amide bonds. The van der Waals surface area contributed by atoms with Crippen molar-refractivity contribution in [1.29, 1.82) is 0 Å². The second kappa shape index (κ2) is 4.45. The molecule has 0 spiro atoms. The second-order valence-electron chi connectivity index (χ2n) is 3.76. The standard InChI is InChI=1S/C12H14N2O2/c1-8(15)10-6-14-7-11(12(10)13)9-2-4-16-5-3-9/h2,6-7H,3-5H2,1H3,(H2,13,14). The van der Waals surface area contributed by atoms with Crippen LogP contribution in [0.3, 0.4) is 0 Å². The lowest BCUT2D eigenvalue weighted by Crippen LogP contribution is -2.08. The molecule has 1 aromatic rings. The Morgan fingerprint density at radius 3 is 2.94 bits per heavy atom. The van der Waals surface area contributed by atoms with E-state index in [0.717, 1.165) is 17.6 Å². The van der Waals surface area contributed by atoms with E-state index in [2.05, 4.69) is 4.98 Å². The lowest BCUT2D eigenvalue weighted by Gasteiger charge is -2.16. The minimum absolute atomic E-state index is 0.0560. The predicted octanol–water partition coefficient (Wildman–Crippen LogP) is 1.67. The van der Waals surface area contributed by atoms with Gasteiger partial charge in [0.15, 0.2) is 5.78 Å². The van der Waals surface area contributed by atoms with Crippen molar-refractivity contribution in [1.82, 2.24) is 4.98 Å². The molecule has 84 valence electrons. The summed E-state index contributed by atoms with van der Waals surface area (Å²) in [6.07, 6.45) is 6.02. The van der Waals surface area contributed by atoms with E-state index in [-0.39, 0.29) is 5.78 Å². The van der Waals surface area contributed by atoms with Crippen LogP contribution < -0.4 is 5.73 Å². The van der Waals surface area contributed by atoms with Gasteiger partial charge in [0.2, 0.25) is 0 Å². The van der Waals surface area contributed by atoms with E-state index in [9.17, 15) is 4.79 Å². The number of carbonyl (C=O) groups is 1. The van der Waals surface area contributed by atoms with E-state index in [1.54, 1.807) is 6.20 Å². The summed E-state index contributed by atoms with van der Waals surface area (Å²) in [5.74, 6) is -0.0560. The van der Waals surface area contributed by atoms with Gasteiger partial charge in [-0.2, -0.15) is 0 Å². The molecule has 1 aliphatic rings. The van der Waals surface area contributed by atoms with Gasteiger partial charge in [0.1, 0.15) is 0 Å². The van der Waals surface area contributed by atoms with Gasteiger partial charge in [-0.3, -0.25) is 9.78 Å². The van der Waals surface area contributed by atoms with Crippen LogP contribution in [0.4, 0.5) is 5.69 Å². The zero-order valence-corrected chi connectivity index (χ0v) is 9.19. The molecule has 2 heterocycles. The van der Waals surface area contributed by atoms with Gasteiger partial charge in [0, 0.05) is 18.0 Å². The zero-order valence-electron chi connectivity index (χ0n) is 9.19. The van der Waals surface area contributed by atoms with Crippen LogP contribution in [0, 0.1) is 0 Å². The van der Waals surface area contributed by atoms with Crippen LogP contribution in [0.15, 0.2) is 18.5 Å². The van der Waals surface area contributed by atoms with Crippen LogP contribution in [0.1, 0.15) is 29.3 Å². The third-order valence-electron chi connectivity index (χ3n) is 2.68. The SMILES string of the molecule is CC(=O)c1cncc(C2=CCOCC2)c1N. The monoisotopic (exact) mass is 218 g/mol. The first-order valence-electron chi connectivity index (χ1n) is 5.21. The van der Waals surface area contributed by atoms with Crippen molar-refractivity contribution in [2.24, 2.45) is 0 Å². The lowest BCUT2D eigenvalue weighted by atomic mass is 9.99. The minimum atomic E-state index is -0.0560. The third kappa shape index (κ3) is 1.97. The molecule has 0 aliphatic carbocycles. The summed E-state index contributed by atoms with van der Waals surface area (Å²) in [5.41, 5.74) is 8.95. The highest BCUT2D eigenvalue weighted by Crippen LogP contribution is 2.27. The Morgan fingerprint density at radius 1 is 1.50 bits per heavy atom. The first kappa shape index (κ1) is 10.8. The summed E-state index contributed by atoms with van der Waals surface area (Å²) in [6, 6.07) is 0. The summed E-state index contributed by atoms with van der Waals surface area (Å²) in [7, 11) is 0. The maximum absolute atomic E-state index is 11.3. The van der Waals surface area contributed by atoms with E-state index >= 15 is 0 Å². The number of hydrogen-bond acceptors (Lipinski definition) is 4. The Morgan fingerprint density at radius 2 is 2.31 bits per heavy atom. The molecule has 16 heavy (non-hydrogen) atoms. The molecule has 4 nitrogen and oxygen atoms in total. The van der Waals surface area contributed by atoms with Crippen molar-refractivity contribution < 1.29 is 9.53 Å². The van der Waals surface area contributed by atoms with Crippen LogP contribution in [0.2, 0.25) is 0 Å². The number of Topliss-reactive ketones (excluding diaryl/α,β-unsaturated/α-hetero) is 1. The maximum Gasteiger partial charge on any atom is 0.163 e. The fourth-order valence-electron chi connectivity index (χ4n) is 1.78. The number of nitrogen functional groups attached to an aromatic ring is 1. The number of ether oxygens (including phenoxy) is 1. The van der Waals surface area contributed by atoms with Crippen molar-refractivity contribution in [2.75, 3.05) is 18.9 Å². The van der Waals surface area contributed by atoms with Gasteiger partial charge in [-0.05, 0) is 18.9 Å². The van der Waals surface area contributed by atoms with Crippen molar-refractivity contribution in [3.63, 3.8) is 0 Å². The number of ketones is 1. The lowest BCUT2D eigenvalue weighted by molar-refractivity contribution is 0.101. The first-order chi connectivity index (χ1) is 7.70. The van der Waals surface area contributed by atoms with Gasteiger partial charge >= 0.3 is 0 Å². The Hall–Kier alpha value is -1.68. The smallest absolute Gasteiger partial charge is 0.163 e. The highest BCUT2D eigenvalue weighted by molar-refractivity contribution is 6.01. The number of rotatable bonds is 2. The van der Waals surface area contributed by atoms with Gasteiger partial charge in [-0.25, -0.2) is 0 Å². The van der Waals surface area contributed by atoms with Crippen molar-refractivity contribution in [3.8, 4) is 0 Å². The van der Waals surface area contributed by atoms with Crippen LogP contribution >= 0.6 is 0 Å². The Kier molecular flexibility index (Phi) is 3.01. The van der Waals surface area contributed by atoms with Gasteiger partial charge in [0.05, 0.1) is 24.5 Å². The van der Waals surface area contributed by atoms with E-state index in [1.165, 1.54) is 13.1 Å². The summed E-state index contributed by atoms with van der Waals surface area (Å²) in [5, 5.41) is 0. The largest absolute Gasteiger partial charge is 0.398 e. The average molecular weight is 218 g/mol. The van der Waals surface area contributed by atoms with Gasteiger partial charge in [-0.15, -0.1) is 0 Å². The molecule has 4 heteroatoms. The van der Waals surface area contributed by atoms with Crippen LogP contribution in [-0.4, -0.2) is 24.0 Å². The first-order valence-corrected chi connectivity index (χ1v) is 5.21. The average Bonchev–Trinajstić information content (AvgIpc) is 2.30. The molecule has 2 N–H and O–H groups in total. The maximum atomic E-state index is 11.3. The number of anilines is 1. The molecule has 2 rings (SSSR count). The van der Waals surface area contributed by atoms with Crippen LogP contribution in [0.25, 0.3) is 5.57 Å². The predicted molar refractivity (Wildman–Crippen MR) is 62.1 cm³/mol. The highest BCUT2D eigenvalue weighted by atomic mass is 16.5. The van der Waals surface area contributed by atoms with E-state index in [0.29, 0.717) is 24.5 Å². The number of hydrogen-bond donors (Lipinski definition) is 1. The molecule has 0 saturated heterocycles. The topological polar surface area (TPSA) is 65.2 Å². The Balaban J connectivity index is 2.45. The quantitative estimate of drug-likeness (QED) is 0.767. The van der Waals surface area contributed by atoms with Gasteiger partial charge in [0.25, 0.3) is 0 Å². The van der Waals surface area contributed by atoms with Gasteiger partial charge < -0.3 is 10.5 Å². The van der Waals surface area contributed by atoms with E-state index < -0.39 is 0 Å². The molecule has 0 unspecified atom stereocenters. The number of pyridine rings is 1. The molecular weight excluding hydrogens is 204 g/mol. The zero-order chi connectivity index (χ0) is 11.5. The summed E-state index contributed by atoms with van der Waals surface area (Å²) >= 11 is 0. The molecule has 0 bridgehead atoms. The molecule has 1 aromatic heterocycles. The molecule has 1 aliphatic heterocycles.